The Morgan fingerprint density at radius 1 is 1.15 bits per heavy atom. The van der Waals surface area contributed by atoms with Crippen LogP contribution in [0.2, 0.25) is 0 Å². The molecule has 2 rings (SSSR count). The van der Waals surface area contributed by atoms with Gasteiger partial charge in [-0.1, -0.05) is 0 Å². The van der Waals surface area contributed by atoms with Crippen molar-refractivity contribution in [2.24, 2.45) is 0 Å². The van der Waals surface area contributed by atoms with E-state index >= 15 is 0 Å². The summed E-state index contributed by atoms with van der Waals surface area (Å²) >= 11 is 0. The van der Waals surface area contributed by atoms with E-state index in [2.05, 4.69) is 4.72 Å². The molecule has 2 saturated carbocycles. The smallest absolute Gasteiger partial charge is 0.214 e. The summed E-state index contributed by atoms with van der Waals surface area (Å²) in [5.74, 6) is 0. The van der Waals surface area contributed by atoms with E-state index < -0.39 is 10.0 Å². The average Bonchev–Trinajstić information content (AvgIpc) is 2.78. The van der Waals surface area contributed by atoms with Crippen LogP contribution < -0.4 is 4.72 Å². The highest BCUT2D eigenvalue weighted by atomic mass is 32.2. The first kappa shape index (κ1) is 9.43. The number of hydrogen-bond donors (Lipinski definition) is 2. The second-order valence-corrected chi connectivity index (χ2v) is 6.02. The topological polar surface area (TPSA) is 66.4 Å². The van der Waals surface area contributed by atoms with Gasteiger partial charge in [0.05, 0.1) is 11.4 Å². The Kier molecular flexibility index (Phi) is 2.33. The van der Waals surface area contributed by atoms with Crippen LogP contribution in [0.5, 0.6) is 0 Å². The van der Waals surface area contributed by atoms with Crippen LogP contribution >= 0.6 is 0 Å². The molecule has 5 heteroatoms. The number of hydrogen-bond acceptors (Lipinski definition) is 3. The molecule has 0 radical (unpaired) electrons. The lowest BCUT2D eigenvalue weighted by Crippen LogP contribution is -2.35. The molecule has 2 N–H and O–H groups in total. The van der Waals surface area contributed by atoms with E-state index in [1.807, 2.05) is 0 Å². The molecule has 0 saturated heterocycles. The van der Waals surface area contributed by atoms with Crippen molar-refractivity contribution in [3.8, 4) is 0 Å². The Labute approximate surface area is 78.4 Å². The first-order chi connectivity index (χ1) is 6.08. The maximum Gasteiger partial charge on any atom is 0.214 e. The summed E-state index contributed by atoms with van der Waals surface area (Å²) in [6.07, 6.45) is 3.35. The summed E-state index contributed by atoms with van der Waals surface area (Å²) in [6, 6.07) is -0.0272. The summed E-state index contributed by atoms with van der Waals surface area (Å²) in [6.45, 7) is 0. The molecule has 0 amide bonds. The van der Waals surface area contributed by atoms with E-state index in [4.69, 9.17) is 0 Å². The van der Waals surface area contributed by atoms with E-state index in [1.165, 1.54) is 0 Å². The van der Waals surface area contributed by atoms with Gasteiger partial charge < -0.3 is 5.11 Å². The molecular weight excluding hydrogens is 190 g/mol. The minimum atomic E-state index is -3.06. The zero-order valence-electron chi connectivity index (χ0n) is 7.44. The molecule has 0 aromatic carbocycles. The molecule has 0 aromatic heterocycles. The van der Waals surface area contributed by atoms with Gasteiger partial charge >= 0.3 is 0 Å². The Morgan fingerprint density at radius 3 is 2.31 bits per heavy atom. The van der Waals surface area contributed by atoms with Crippen LogP contribution in [0.4, 0.5) is 0 Å². The predicted molar refractivity (Wildman–Crippen MR) is 48.7 cm³/mol. The average molecular weight is 205 g/mol. The molecule has 2 aliphatic carbocycles. The minimum Gasteiger partial charge on any atom is -0.393 e. The lowest BCUT2D eigenvalue weighted by molar-refractivity contribution is 0.181. The van der Waals surface area contributed by atoms with Crippen molar-refractivity contribution in [3.63, 3.8) is 0 Å². The molecule has 2 fully saturated rings. The largest absolute Gasteiger partial charge is 0.393 e. The van der Waals surface area contributed by atoms with Crippen molar-refractivity contribution in [2.45, 2.75) is 49.5 Å². The Balaban J connectivity index is 1.90. The van der Waals surface area contributed by atoms with Gasteiger partial charge in [0.2, 0.25) is 10.0 Å². The van der Waals surface area contributed by atoms with Crippen molar-refractivity contribution in [1.82, 2.24) is 4.72 Å². The molecule has 2 aliphatic rings. The highest BCUT2D eigenvalue weighted by Gasteiger charge is 2.38. The first-order valence-electron chi connectivity index (χ1n) is 4.77. The normalized spacial score (nSPS) is 35.2. The van der Waals surface area contributed by atoms with Gasteiger partial charge in [-0.2, -0.15) is 0 Å². The first-order valence-corrected chi connectivity index (χ1v) is 6.32. The number of aliphatic hydroxyl groups excluding tert-OH is 1. The van der Waals surface area contributed by atoms with Crippen LogP contribution in [-0.2, 0) is 10.0 Å². The van der Waals surface area contributed by atoms with Crippen molar-refractivity contribution >= 4 is 10.0 Å². The highest BCUT2D eigenvalue weighted by Crippen LogP contribution is 2.29. The molecule has 0 heterocycles. The summed E-state index contributed by atoms with van der Waals surface area (Å²) in [4.78, 5) is 0. The molecule has 0 aromatic rings. The van der Waals surface area contributed by atoms with Crippen molar-refractivity contribution < 1.29 is 13.5 Å². The fourth-order valence-electron chi connectivity index (χ4n) is 1.77. The lowest BCUT2D eigenvalue weighted by Gasteiger charge is -2.11. The van der Waals surface area contributed by atoms with Crippen LogP contribution in [0.3, 0.4) is 0 Å². The van der Waals surface area contributed by atoms with Crippen LogP contribution in [0.1, 0.15) is 32.1 Å². The minimum absolute atomic E-state index is 0.0272. The highest BCUT2D eigenvalue weighted by molar-refractivity contribution is 7.90. The van der Waals surface area contributed by atoms with Gasteiger partial charge in [0.15, 0.2) is 0 Å². The van der Waals surface area contributed by atoms with Gasteiger partial charge in [-0.3, -0.25) is 0 Å². The Hall–Kier alpha value is -0.130. The van der Waals surface area contributed by atoms with Crippen LogP contribution in [0.15, 0.2) is 0 Å². The predicted octanol–water partition coefficient (Wildman–Crippen LogP) is -0.0184. The third-order valence-electron chi connectivity index (χ3n) is 2.70. The van der Waals surface area contributed by atoms with Gasteiger partial charge in [-0.05, 0) is 32.1 Å². The summed E-state index contributed by atoms with van der Waals surface area (Å²) in [5.41, 5.74) is 0. The standard InChI is InChI=1S/C8H15NO3S/c10-7-2-1-6(5-7)9-13(11,12)8-3-4-8/h6-10H,1-5H2/t6-,7+/m0/s1. The van der Waals surface area contributed by atoms with Crippen molar-refractivity contribution in [1.29, 1.82) is 0 Å². The van der Waals surface area contributed by atoms with Crippen LogP contribution in [-0.4, -0.2) is 30.9 Å². The monoisotopic (exact) mass is 205 g/mol. The van der Waals surface area contributed by atoms with Crippen molar-refractivity contribution in [3.05, 3.63) is 0 Å². The van der Waals surface area contributed by atoms with Gasteiger partial charge in [0.25, 0.3) is 0 Å². The zero-order chi connectivity index (χ0) is 9.47. The van der Waals surface area contributed by atoms with E-state index in [-0.39, 0.29) is 17.4 Å². The number of nitrogens with one attached hydrogen (secondary N) is 1. The fourth-order valence-corrected chi connectivity index (χ4v) is 3.40. The summed E-state index contributed by atoms with van der Waals surface area (Å²) in [7, 11) is -3.06. The summed E-state index contributed by atoms with van der Waals surface area (Å²) in [5, 5.41) is 9.07. The second-order valence-electron chi connectivity index (χ2n) is 4.03. The quantitative estimate of drug-likeness (QED) is 0.680. The molecule has 0 aliphatic heterocycles. The fraction of sp³-hybridized carbons (Fsp3) is 1.00. The molecule has 0 unspecified atom stereocenters. The number of rotatable bonds is 3. The Bertz CT molecular complexity index is 284. The molecule has 76 valence electrons. The van der Waals surface area contributed by atoms with E-state index in [0.29, 0.717) is 6.42 Å². The SMILES string of the molecule is O=S(=O)(N[C@H]1CC[C@@H](O)C1)C1CC1. The number of sulfonamides is 1. The van der Waals surface area contributed by atoms with E-state index in [9.17, 15) is 13.5 Å². The van der Waals surface area contributed by atoms with Crippen molar-refractivity contribution in [2.75, 3.05) is 0 Å². The molecule has 13 heavy (non-hydrogen) atoms. The zero-order valence-corrected chi connectivity index (χ0v) is 8.26. The van der Waals surface area contributed by atoms with Gasteiger partial charge in [-0.25, -0.2) is 13.1 Å². The lowest BCUT2D eigenvalue weighted by atomic mass is 10.3. The van der Waals surface area contributed by atoms with Crippen LogP contribution in [0.25, 0.3) is 0 Å². The van der Waals surface area contributed by atoms with E-state index in [1.54, 1.807) is 0 Å². The third-order valence-corrected chi connectivity index (χ3v) is 4.71. The molecule has 4 nitrogen and oxygen atoms in total. The Morgan fingerprint density at radius 2 is 1.85 bits per heavy atom. The summed E-state index contributed by atoms with van der Waals surface area (Å²) < 4.78 is 25.6. The van der Waals surface area contributed by atoms with Crippen LogP contribution in [0, 0.1) is 0 Å². The van der Waals surface area contributed by atoms with Gasteiger partial charge in [0, 0.05) is 6.04 Å². The van der Waals surface area contributed by atoms with Gasteiger partial charge in [0.1, 0.15) is 0 Å². The third kappa shape index (κ3) is 2.21. The molecule has 0 bridgehead atoms. The maximum atomic E-state index is 11.5. The molecular formula is C8H15NO3S. The second kappa shape index (κ2) is 3.22. The van der Waals surface area contributed by atoms with E-state index in [0.717, 1.165) is 25.7 Å². The molecule has 0 spiro atoms. The number of aliphatic hydroxyl groups is 1. The molecule has 2 atom stereocenters. The van der Waals surface area contributed by atoms with Gasteiger partial charge in [-0.15, -0.1) is 0 Å². The maximum absolute atomic E-state index is 11.5.